The molecular weight excluding hydrogens is 276 g/mol. The molecule has 1 aliphatic carbocycles. The van der Waals surface area contributed by atoms with Gasteiger partial charge < -0.3 is 10.1 Å². The summed E-state index contributed by atoms with van der Waals surface area (Å²) >= 11 is 0. The number of fused-ring (bicyclic) bond motifs is 1. The lowest BCUT2D eigenvalue weighted by atomic mass is 9.89. The molecule has 4 heteroatoms. The molecule has 2 aromatic rings. The van der Waals surface area contributed by atoms with Gasteiger partial charge >= 0.3 is 0 Å². The molecule has 0 unspecified atom stereocenters. The SMILES string of the molecule is O=C1C(=C2C=CC=N2)C=Cc2c1ccc(-c1ccc[nH]1)c2O. The first-order chi connectivity index (χ1) is 10.8. The van der Waals surface area contributed by atoms with Crippen LogP contribution in [0.1, 0.15) is 15.9 Å². The summed E-state index contributed by atoms with van der Waals surface area (Å²) < 4.78 is 0. The van der Waals surface area contributed by atoms with Crippen molar-refractivity contribution >= 4 is 18.1 Å². The molecule has 106 valence electrons. The Morgan fingerprint density at radius 2 is 1.91 bits per heavy atom. The van der Waals surface area contributed by atoms with E-state index >= 15 is 0 Å². The van der Waals surface area contributed by atoms with Gasteiger partial charge in [0.05, 0.1) is 5.70 Å². The molecule has 4 rings (SSSR count). The number of hydrogen-bond donors (Lipinski definition) is 2. The van der Waals surface area contributed by atoms with E-state index in [0.717, 1.165) is 5.69 Å². The highest BCUT2D eigenvalue weighted by molar-refractivity contribution is 6.17. The molecule has 2 aliphatic rings. The third kappa shape index (κ3) is 1.78. The predicted octanol–water partition coefficient (Wildman–Crippen LogP) is 3.49. The van der Waals surface area contributed by atoms with Crippen molar-refractivity contribution in [1.29, 1.82) is 0 Å². The number of aromatic nitrogens is 1. The number of benzene rings is 1. The van der Waals surface area contributed by atoms with Gasteiger partial charge in [-0.2, -0.15) is 0 Å². The van der Waals surface area contributed by atoms with Crippen molar-refractivity contribution in [2.45, 2.75) is 0 Å². The topological polar surface area (TPSA) is 65.5 Å². The third-order valence-electron chi connectivity index (χ3n) is 3.84. The fourth-order valence-corrected chi connectivity index (χ4v) is 2.74. The van der Waals surface area contributed by atoms with Crippen LogP contribution >= 0.6 is 0 Å². The Bertz CT molecular complexity index is 883. The summed E-state index contributed by atoms with van der Waals surface area (Å²) in [6.07, 6.45) is 10.5. The summed E-state index contributed by atoms with van der Waals surface area (Å²) in [7, 11) is 0. The Balaban J connectivity index is 1.88. The van der Waals surface area contributed by atoms with E-state index in [9.17, 15) is 9.90 Å². The molecule has 0 saturated heterocycles. The van der Waals surface area contributed by atoms with Crippen LogP contribution in [0.3, 0.4) is 0 Å². The number of H-pyrrole nitrogens is 1. The molecule has 22 heavy (non-hydrogen) atoms. The molecule has 0 atom stereocenters. The minimum absolute atomic E-state index is 0.110. The number of allylic oxidation sites excluding steroid dienone is 4. The summed E-state index contributed by atoms with van der Waals surface area (Å²) in [5.41, 5.74) is 3.73. The van der Waals surface area contributed by atoms with Crippen LogP contribution in [0.4, 0.5) is 0 Å². The second-order valence-corrected chi connectivity index (χ2v) is 5.11. The van der Waals surface area contributed by atoms with E-state index in [2.05, 4.69) is 9.98 Å². The largest absolute Gasteiger partial charge is 0.507 e. The molecule has 2 N–H and O–H groups in total. The summed E-state index contributed by atoms with van der Waals surface area (Å²) in [6, 6.07) is 7.25. The van der Waals surface area contributed by atoms with Gasteiger partial charge in [0.25, 0.3) is 0 Å². The van der Waals surface area contributed by atoms with E-state index in [4.69, 9.17) is 0 Å². The van der Waals surface area contributed by atoms with Crippen LogP contribution in [0.5, 0.6) is 5.75 Å². The standard InChI is InChI=1S/C18H12N2O2/c21-17-11-6-8-14(16-4-2-10-20-16)18(22)12(11)5-7-13(17)15-3-1-9-19-15/h1-10,19,21H. The van der Waals surface area contributed by atoms with Crippen LogP contribution in [0.25, 0.3) is 17.3 Å². The van der Waals surface area contributed by atoms with Crippen LogP contribution in [0, 0.1) is 0 Å². The van der Waals surface area contributed by atoms with Crippen molar-refractivity contribution < 1.29 is 9.90 Å². The number of carbonyl (C=O) groups is 1. The average molecular weight is 288 g/mol. The number of nitrogens with one attached hydrogen (secondary N) is 1. The van der Waals surface area contributed by atoms with Crippen molar-refractivity contribution in [2.75, 3.05) is 0 Å². The van der Waals surface area contributed by atoms with E-state index in [1.807, 2.05) is 12.1 Å². The molecule has 0 saturated carbocycles. The number of hydrogen-bond acceptors (Lipinski definition) is 3. The van der Waals surface area contributed by atoms with Gasteiger partial charge in [0.1, 0.15) is 5.75 Å². The molecule has 2 heterocycles. The Morgan fingerprint density at radius 1 is 1.05 bits per heavy atom. The number of phenols is 1. The van der Waals surface area contributed by atoms with Gasteiger partial charge in [0.15, 0.2) is 5.78 Å². The average Bonchev–Trinajstić information content (AvgIpc) is 3.22. The van der Waals surface area contributed by atoms with Gasteiger partial charge in [0.2, 0.25) is 0 Å². The summed E-state index contributed by atoms with van der Waals surface area (Å²) in [6.45, 7) is 0. The van der Waals surface area contributed by atoms with Gasteiger partial charge in [-0.05, 0) is 48.6 Å². The first-order valence-corrected chi connectivity index (χ1v) is 6.93. The normalized spacial score (nSPS) is 19.0. The van der Waals surface area contributed by atoms with Gasteiger partial charge in [-0.15, -0.1) is 0 Å². The zero-order valence-electron chi connectivity index (χ0n) is 11.6. The Kier molecular flexibility index (Phi) is 2.69. The maximum Gasteiger partial charge on any atom is 0.195 e. The lowest BCUT2D eigenvalue weighted by Gasteiger charge is -2.16. The predicted molar refractivity (Wildman–Crippen MR) is 85.9 cm³/mol. The molecule has 0 fully saturated rings. The number of Topliss-reactive ketones (excluding diaryl/α,β-unsaturated/α-hetero) is 1. The summed E-state index contributed by atoms with van der Waals surface area (Å²) in [5.74, 6) is -0.0106. The molecule has 0 amide bonds. The number of phenolic OH excluding ortho intramolecular Hbond substituents is 1. The second kappa shape index (κ2) is 4.70. The van der Waals surface area contributed by atoms with Gasteiger partial charge in [-0.3, -0.25) is 9.79 Å². The maximum atomic E-state index is 12.6. The molecule has 1 aliphatic heterocycles. The number of carbonyl (C=O) groups excluding carboxylic acids is 1. The summed E-state index contributed by atoms with van der Waals surface area (Å²) in [4.78, 5) is 19.8. The Hall–Kier alpha value is -3.14. The van der Waals surface area contributed by atoms with Crippen molar-refractivity contribution in [3.8, 4) is 17.0 Å². The van der Waals surface area contributed by atoms with Crippen molar-refractivity contribution in [3.63, 3.8) is 0 Å². The lowest BCUT2D eigenvalue weighted by Crippen LogP contribution is -2.09. The van der Waals surface area contributed by atoms with Crippen LogP contribution in [0.15, 0.2) is 65.0 Å². The third-order valence-corrected chi connectivity index (χ3v) is 3.84. The number of rotatable bonds is 1. The smallest absolute Gasteiger partial charge is 0.195 e. The molecular formula is C18H12N2O2. The van der Waals surface area contributed by atoms with Crippen LogP contribution < -0.4 is 0 Å². The second-order valence-electron chi connectivity index (χ2n) is 5.11. The molecule has 0 spiro atoms. The summed E-state index contributed by atoms with van der Waals surface area (Å²) in [5, 5.41) is 10.5. The highest BCUT2D eigenvalue weighted by atomic mass is 16.3. The van der Waals surface area contributed by atoms with Crippen molar-refractivity contribution in [2.24, 2.45) is 4.99 Å². The number of aliphatic imine (C=N–C) groups is 1. The minimum atomic E-state index is -0.121. The van der Waals surface area contributed by atoms with Gasteiger partial charge in [0, 0.05) is 40.4 Å². The lowest BCUT2D eigenvalue weighted by molar-refractivity contribution is 0.103. The van der Waals surface area contributed by atoms with Crippen molar-refractivity contribution in [1.82, 2.24) is 4.98 Å². The van der Waals surface area contributed by atoms with E-state index < -0.39 is 0 Å². The zero-order valence-corrected chi connectivity index (χ0v) is 11.6. The monoisotopic (exact) mass is 288 g/mol. The van der Waals surface area contributed by atoms with Gasteiger partial charge in [-0.1, -0.05) is 0 Å². The maximum absolute atomic E-state index is 12.6. The fraction of sp³-hybridized carbons (Fsp3) is 0. The number of aromatic amines is 1. The quantitative estimate of drug-likeness (QED) is 0.789. The van der Waals surface area contributed by atoms with E-state index in [0.29, 0.717) is 28.0 Å². The first-order valence-electron chi connectivity index (χ1n) is 6.93. The van der Waals surface area contributed by atoms with Crippen LogP contribution in [-0.2, 0) is 0 Å². The number of ketones is 1. The number of nitrogens with zero attached hydrogens (tertiary/aromatic N) is 1. The van der Waals surface area contributed by atoms with E-state index in [1.165, 1.54) is 0 Å². The Morgan fingerprint density at radius 3 is 2.64 bits per heavy atom. The van der Waals surface area contributed by atoms with Crippen LogP contribution in [-0.4, -0.2) is 22.1 Å². The first kappa shape index (κ1) is 12.6. The highest BCUT2D eigenvalue weighted by Gasteiger charge is 2.24. The van der Waals surface area contributed by atoms with E-state index in [-0.39, 0.29) is 11.5 Å². The highest BCUT2D eigenvalue weighted by Crippen LogP contribution is 2.38. The molecule has 4 nitrogen and oxygen atoms in total. The fourth-order valence-electron chi connectivity index (χ4n) is 2.74. The molecule has 1 aromatic heterocycles. The molecule has 0 bridgehead atoms. The Labute approximate surface area is 126 Å². The van der Waals surface area contributed by atoms with E-state index in [1.54, 1.807) is 48.8 Å². The van der Waals surface area contributed by atoms with Crippen LogP contribution in [0.2, 0.25) is 0 Å². The zero-order chi connectivity index (χ0) is 15.1. The van der Waals surface area contributed by atoms with Gasteiger partial charge in [-0.25, -0.2) is 0 Å². The minimum Gasteiger partial charge on any atom is -0.507 e. The number of aromatic hydroxyl groups is 1. The molecule has 1 aromatic carbocycles. The van der Waals surface area contributed by atoms with Crippen molar-refractivity contribution in [3.05, 3.63) is 71.1 Å². The molecule has 0 radical (unpaired) electrons.